The van der Waals surface area contributed by atoms with Crippen LogP contribution in [-0.2, 0) is 5.41 Å². The van der Waals surface area contributed by atoms with Crippen molar-refractivity contribution in [1.82, 2.24) is 0 Å². The van der Waals surface area contributed by atoms with Crippen LogP contribution >= 0.6 is 0 Å². The van der Waals surface area contributed by atoms with Gasteiger partial charge < -0.3 is 14.4 Å². The van der Waals surface area contributed by atoms with E-state index in [1.165, 1.54) is 50.1 Å². The standard InChI is InChI=1S/C55H35NO2/c1-3-16-36(17-4-1)37-18-13-19-38(34-37)39-20-14-23-41(35-39)56(40-21-5-2-6-22-40)49-30-15-31-50-53(49)57-51-33-32-48-52(54(51)58-50)44-26-9-12-29-47(44)55(48)45-27-10-7-24-42(45)43-25-8-11-28-46(43)55/h1-35H. The summed E-state index contributed by atoms with van der Waals surface area (Å²) in [5.74, 6) is 2.80. The van der Waals surface area contributed by atoms with E-state index >= 15 is 0 Å². The largest absolute Gasteiger partial charge is 0.449 e. The van der Waals surface area contributed by atoms with Gasteiger partial charge in [0.25, 0.3) is 0 Å². The Hall–Kier alpha value is -7.62. The first-order valence-electron chi connectivity index (χ1n) is 19.8. The lowest BCUT2D eigenvalue weighted by molar-refractivity contribution is 0.361. The molecule has 3 aliphatic rings. The molecule has 0 saturated heterocycles. The van der Waals surface area contributed by atoms with Crippen molar-refractivity contribution in [3.63, 3.8) is 0 Å². The summed E-state index contributed by atoms with van der Waals surface area (Å²) in [5, 5.41) is 0. The fourth-order valence-electron chi connectivity index (χ4n) is 9.73. The fourth-order valence-corrected chi connectivity index (χ4v) is 9.73. The maximum Gasteiger partial charge on any atom is 0.194 e. The van der Waals surface area contributed by atoms with Crippen LogP contribution in [0.2, 0.25) is 0 Å². The topological polar surface area (TPSA) is 21.7 Å². The van der Waals surface area contributed by atoms with E-state index < -0.39 is 5.41 Å². The molecule has 2 aliphatic carbocycles. The van der Waals surface area contributed by atoms with E-state index in [-0.39, 0.29) is 0 Å². The summed E-state index contributed by atoms with van der Waals surface area (Å²) in [4.78, 5) is 2.27. The molecule has 0 radical (unpaired) electrons. The van der Waals surface area contributed by atoms with Crippen LogP contribution in [0.15, 0.2) is 212 Å². The first kappa shape index (κ1) is 32.6. The molecule has 3 nitrogen and oxygen atoms in total. The first-order chi connectivity index (χ1) is 28.8. The number of hydrogen-bond acceptors (Lipinski definition) is 3. The van der Waals surface area contributed by atoms with Crippen LogP contribution in [0, 0.1) is 0 Å². The molecule has 1 spiro atoms. The van der Waals surface area contributed by atoms with Gasteiger partial charge in [0.05, 0.1) is 11.1 Å². The van der Waals surface area contributed by atoms with Gasteiger partial charge in [-0.3, -0.25) is 0 Å². The zero-order chi connectivity index (χ0) is 38.2. The van der Waals surface area contributed by atoms with Crippen LogP contribution in [0.4, 0.5) is 17.1 Å². The minimum Gasteiger partial charge on any atom is -0.449 e. The number of anilines is 3. The van der Waals surface area contributed by atoms with Crippen molar-refractivity contribution in [2.45, 2.75) is 5.41 Å². The number of ether oxygens (including phenoxy) is 2. The van der Waals surface area contributed by atoms with E-state index in [1.807, 2.05) is 6.07 Å². The molecule has 0 atom stereocenters. The van der Waals surface area contributed by atoms with Gasteiger partial charge in [-0.15, -0.1) is 0 Å². The highest BCUT2D eigenvalue weighted by molar-refractivity contribution is 5.98. The van der Waals surface area contributed by atoms with Crippen molar-refractivity contribution in [3.8, 4) is 67.5 Å². The molecule has 272 valence electrons. The Bertz CT molecular complexity index is 3030. The Morgan fingerprint density at radius 1 is 0.328 bits per heavy atom. The third-order valence-corrected chi connectivity index (χ3v) is 12.1. The van der Waals surface area contributed by atoms with E-state index in [0.717, 1.165) is 39.5 Å². The monoisotopic (exact) mass is 741 g/mol. The lowest BCUT2D eigenvalue weighted by atomic mass is 9.70. The van der Waals surface area contributed by atoms with Gasteiger partial charge in [-0.05, 0) is 110 Å². The first-order valence-corrected chi connectivity index (χ1v) is 19.8. The summed E-state index contributed by atoms with van der Waals surface area (Å²) in [6.45, 7) is 0. The highest BCUT2D eigenvalue weighted by Gasteiger charge is 2.53. The van der Waals surface area contributed by atoms with Crippen molar-refractivity contribution in [2.75, 3.05) is 4.90 Å². The summed E-state index contributed by atoms with van der Waals surface area (Å²) in [6, 6.07) is 75.7. The predicted octanol–water partition coefficient (Wildman–Crippen LogP) is 14.7. The molecule has 0 bridgehead atoms. The van der Waals surface area contributed by atoms with Crippen molar-refractivity contribution in [1.29, 1.82) is 0 Å². The Labute approximate surface area is 337 Å². The highest BCUT2D eigenvalue weighted by atomic mass is 16.6. The van der Waals surface area contributed by atoms with Crippen LogP contribution in [0.1, 0.15) is 22.3 Å². The summed E-state index contributed by atoms with van der Waals surface area (Å²) < 4.78 is 14.2. The molecule has 0 fully saturated rings. The number of hydrogen-bond donors (Lipinski definition) is 0. The van der Waals surface area contributed by atoms with Crippen molar-refractivity contribution in [3.05, 3.63) is 235 Å². The Morgan fingerprint density at radius 3 is 1.55 bits per heavy atom. The van der Waals surface area contributed by atoms with Crippen LogP contribution in [0.25, 0.3) is 44.5 Å². The smallest absolute Gasteiger partial charge is 0.194 e. The second kappa shape index (κ2) is 12.7. The predicted molar refractivity (Wildman–Crippen MR) is 235 cm³/mol. The van der Waals surface area contributed by atoms with Gasteiger partial charge in [-0.25, -0.2) is 0 Å². The quantitative estimate of drug-likeness (QED) is 0.175. The Balaban J connectivity index is 0.995. The molecule has 0 aromatic heterocycles. The molecule has 0 amide bonds. The summed E-state index contributed by atoms with van der Waals surface area (Å²) in [5.41, 5.74) is 17.0. The minimum absolute atomic E-state index is 0.463. The van der Waals surface area contributed by atoms with E-state index in [1.54, 1.807) is 0 Å². The maximum absolute atomic E-state index is 7.12. The van der Waals surface area contributed by atoms with E-state index in [9.17, 15) is 0 Å². The van der Waals surface area contributed by atoms with Crippen LogP contribution in [0.5, 0.6) is 23.0 Å². The molecule has 12 rings (SSSR count). The lowest BCUT2D eigenvalue weighted by Crippen LogP contribution is -2.25. The zero-order valence-electron chi connectivity index (χ0n) is 31.5. The third kappa shape index (κ3) is 4.68. The second-order valence-corrected chi connectivity index (χ2v) is 15.2. The fraction of sp³-hybridized carbons (Fsp3) is 0.0182. The maximum atomic E-state index is 7.12. The van der Waals surface area contributed by atoms with Gasteiger partial charge in [0.1, 0.15) is 0 Å². The molecular weight excluding hydrogens is 707 g/mol. The normalized spacial score (nSPS) is 13.2. The highest BCUT2D eigenvalue weighted by Crippen LogP contribution is 2.66. The summed E-state index contributed by atoms with van der Waals surface area (Å²) in [7, 11) is 0. The number of para-hydroxylation sites is 2. The molecule has 3 heteroatoms. The van der Waals surface area contributed by atoms with E-state index in [0.29, 0.717) is 17.2 Å². The van der Waals surface area contributed by atoms with Crippen LogP contribution in [0.3, 0.4) is 0 Å². The molecule has 0 unspecified atom stereocenters. The van der Waals surface area contributed by atoms with E-state index in [2.05, 4.69) is 211 Å². The van der Waals surface area contributed by atoms with Gasteiger partial charge in [-0.2, -0.15) is 0 Å². The third-order valence-electron chi connectivity index (χ3n) is 12.1. The van der Waals surface area contributed by atoms with Gasteiger partial charge in [0.15, 0.2) is 23.0 Å². The van der Waals surface area contributed by atoms with Crippen molar-refractivity contribution >= 4 is 17.1 Å². The number of benzene rings is 9. The molecule has 1 heterocycles. The zero-order valence-corrected chi connectivity index (χ0v) is 31.5. The van der Waals surface area contributed by atoms with E-state index in [4.69, 9.17) is 9.47 Å². The van der Waals surface area contributed by atoms with Gasteiger partial charge in [0, 0.05) is 16.9 Å². The molecule has 0 saturated carbocycles. The minimum atomic E-state index is -0.463. The molecule has 58 heavy (non-hydrogen) atoms. The summed E-state index contributed by atoms with van der Waals surface area (Å²) >= 11 is 0. The second-order valence-electron chi connectivity index (χ2n) is 15.2. The molecule has 1 aliphatic heterocycles. The van der Waals surface area contributed by atoms with Crippen molar-refractivity contribution < 1.29 is 9.47 Å². The molecule has 0 N–H and O–H groups in total. The average molecular weight is 742 g/mol. The molecule has 9 aromatic carbocycles. The van der Waals surface area contributed by atoms with Crippen molar-refractivity contribution in [2.24, 2.45) is 0 Å². The number of fused-ring (bicyclic) bond motifs is 13. The molecule has 9 aromatic rings. The number of rotatable bonds is 5. The van der Waals surface area contributed by atoms with Crippen LogP contribution in [-0.4, -0.2) is 0 Å². The SMILES string of the molecule is c1ccc(-c2cccc(-c3cccc(N(c4ccccc4)c4cccc5c4Oc4ccc6c(c4O5)-c4ccccc4C64c5ccccc5-c5ccccc54)c3)c2)cc1. The lowest BCUT2D eigenvalue weighted by Gasteiger charge is -2.32. The van der Waals surface area contributed by atoms with Gasteiger partial charge in [0.2, 0.25) is 0 Å². The Kier molecular flexibility index (Phi) is 7.14. The average Bonchev–Trinajstić information content (AvgIpc) is 3.77. The van der Waals surface area contributed by atoms with Crippen LogP contribution < -0.4 is 14.4 Å². The summed E-state index contributed by atoms with van der Waals surface area (Å²) in [6.07, 6.45) is 0. The Morgan fingerprint density at radius 2 is 0.828 bits per heavy atom. The molecular formula is C55H35NO2. The number of nitrogens with zero attached hydrogens (tertiary/aromatic N) is 1. The van der Waals surface area contributed by atoms with Gasteiger partial charge in [-0.1, -0.05) is 164 Å². The van der Waals surface area contributed by atoms with Gasteiger partial charge >= 0.3 is 0 Å².